The molecule has 3 aromatic heterocycles. The molecule has 0 saturated carbocycles. The highest BCUT2D eigenvalue weighted by atomic mass is 16.3. The van der Waals surface area contributed by atoms with E-state index in [-0.39, 0.29) is 0 Å². The average Bonchev–Trinajstić information content (AvgIpc) is 2.94. The van der Waals surface area contributed by atoms with Gasteiger partial charge in [0.05, 0.1) is 42.1 Å². The lowest BCUT2D eigenvalue weighted by atomic mass is 10.2. The summed E-state index contributed by atoms with van der Waals surface area (Å²) >= 11 is 0. The molecule has 7 heteroatoms. The first-order valence-corrected chi connectivity index (χ1v) is 5.68. The molecule has 0 aliphatic rings. The first kappa shape index (κ1) is 11.7. The van der Waals surface area contributed by atoms with Crippen molar-refractivity contribution in [2.75, 3.05) is 6.61 Å². The molecule has 19 heavy (non-hydrogen) atoms. The Kier molecular flexibility index (Phi) is 2.90. The quantitative estimate of drug-likeness (QED) is 0.628. The number of rotatable bonds is 3. The number of nitrogens with zero attached hydrogens (tertiary/aromatic N) is 4. The Morgan fingerprint density at radius 3 is 2.89 bits per heavy atom. The Morgan fingerprint density at radius 1 is 1.16 bits per heavy atom. The van der Waals surface area contributed by atoms with E-state index in [1.54, 1.807) is 24.7 Å². The number of pyridine rings is 1. The van der Waals surface area contributed by atoms with E-state index >= 15 is 0 Å². The zero-order chi connectivity index (χ0) is 13.2. The van der Waals surface area contributed by atoms with Crippen LogP contribution in [0.5, 0.6) is 0 Å². The summed E-state index contributed by atoms with van der Waals surface area (Å²) in [6.45, 7) is -0.398. The number of hydrogen-bond donors (Lipinski definition) is 3. The zero-order valence-electron chi connectivity index (χ0n) is 9.85. The number of nitrogens with one attached hydrogen (secondary N) is 1. The molecule has 7 nitrogen and oxygen atoms in total. The third-order valence-electron chi connectivity index (χ3n) is 2.75. The molecule has 1 atom stereocenters. The summed E-state index contributed by atoms with van der Waals surface area (Å²) in [7, 11) is 0. The minimum Gasteiger partial charge on any atom is -0.393 e. The van der Waals surface area contributed by atoms with Gasteiger partial charge in [0.2, 0.25) is 0 Å². The standard InChI is InChI=1S/C12H11N5O2/c18-6-12(19)11-5-13-4-10(16-11)9-1-8-7(2-14-9)3-15-17-8/h1-5,12,18-19H,6H2,(H,15,17). The third kappa shape index (κ3) is 2.16. The Balaban J connectivity index is 2.05. The van der Waals surface area contributed by atoms with Gasteiger partial charge in [-0.25, -0.2) is 4.98 Å². The highest BCUT2D eigenvalue weighted by molar-refractivity contribution is 5.80. The first-order valence-electron chi connectivity index (χ1n) is 5.68. The van der Waals surface area contributed by atoms with Gasteiger partial charge in [-0.05, 0) is 6.07 Å². The van der Waals surface area contributed by atoms with Gasteiger partial charge in [0.25, 0.3) is 0 Å². The molecule has 0 aliphatic heterocycles. The van der Waals surface area contributed by atoms with E-state index in [9.17, 15) is 5.11 Å². The van der Waals surface area contributed by atoms with Gasteiger partial charge < -0.3 is 10.2 Å². The Hall–Kier alpha value is -2.38. The number of aliphatic hydroxyl groups is 2. The van der Waals surface area contributed by atoms with Crippen LogP contribution in [0.15, 0.2) is 30.9 Å². The molecular formula is C12H11N5O2. The zero-order valence-corrected chi connectivity index (χ0v) is 9.85. The third-order valence-corrected chi connectivity index (χ3v) is 2.75. The summed E-state index contributed by atoms with van der Waals surface area (Å²) in [4.78, 5) is 12.5. The highest BCUT2D eigenvalue weighted by Crippen LogP contribution is 2.19. The van der Waals surface area contributed by atoms with Crippen molar-refractivity contribution in [3.63, 3.8) is 0 Å². The minimum atomic E-state index is -1.04. The summed E-state index contributed by atoms with van der Waals surface area (Å²) in [6, 6.07) is 1.81. The highest BCUT2D eigenvalue weighted by Gasteiger charge is 2.11. The van der Waals surface area contributed by atoms with Crippen LogP contribution in [-0.2, 0) is 0 Å². The number of H-pyrrole nitrogens is 1. The predicted octanol–water partition coefficient (Wildman–Crippen LogP) is 0.441. The fraction of sp³-hybridized carbons (Fsp3) is 0.167. The van der Waals surface area contributed by atoms with E-state index in [2.05, 4.69) is 25.1 Å². The number of fused-ring (bicyclic) bond motifs is 1. The van der Waals surface area contributed by atoms with Crippen LogP contribution in [0.2, 0.25) is 0 Å². The van der Waals surface area contributed by atoms with E-state index in [1.807, 2.05) is 0 Å². The summed E-state index contributed by atoms with van der Waals surface area (Å²) < 4.78 is 0. The van der Waals surface area contributed by atoms with Gasteiger partial charge in [-0.2, -0.15) is 5.10 Å². The van der Waals surface area contributed by atoms with Crippen molar-refractivity contribution in [2.45, 2.75) is 6.10 Å². The number of aromatic amines is 1. The molecule has 3 rings (SSSR count). The second kappa shape index (κ2) is 4.71. The van der Waals surface area contributed by atoms with Gasteiger partial charge in [-0.3, -0.25) is 15.1 Å². The van der Waals surface area contributed by atoms with Crippen LogP contribution in [0.1, 0.15) is 11.8 Å². The molecule has 0 saturated heterocycles. The monoisotopic (exact) mass is 257 g/mol. The molecular weight excluding hydrogens is 246 g/mol. The Morgan fingerprint density at radius 2 is 2.05 bits per heavy atom. The largest absolute Gasteiger partial charge is 0.393 e. The fourth-order valence-corrected chi connectivity index (χ4v) is 1.74. The molecule has 3 aromatic rings. The maximum Gasteiger partial charge on any atom is 0.120 e. The van der Waals surface area contributed by atoms with Gasteiger partial charge in [-0.15, -0.1) is 0 Å². The van der Waals surface area contributed by atoms with Crippen molar-refractivity contribution >= 4 is 10.9 Å². The molecule has 0 amide bonds. The van der Waals surface area contributed by atoms with E-state index in [1.165, 1.54) is 6.20 Å². The van der Waals surface area contributed by atoms with Crippen LogP contribution in [0.3, 0.4) is 0 Å². The number of hydrogen-bond acceptors (Lipinski definition) is 6. The summed E-state index contributed by atoms with van der Waals surface area (Å²) in [5.74, 6) is 0. The van der Waals surface area contributed by atoms with Gasteiger partial charge in [-0.1, -0.05) is 0 Å². The van der Waals surface area contributed by atoms with Crippen LogP contribution >= 0.6 is 0 Å². The van der Waals surface area contributed by atoms with Gasteiger partial charge in [0.15, 0.2) is 0 Å². The van der Waals surface area contributed by atoms with Crippen LogP contribution in [0.4, 0.5) is 0 Å². The van der Waals surface area contributed by atoms with Gasteiger partial charge in [0, 0.05) is 11.6 Å². The smallest absolute Gasteiger partial charge is 0.120 e. The van der Waals surface area contributed by atoms with Crippen molar-refractivity contribution in [1.29, 1.82) is 0 Å². The Labute approximate surface area is 108 Å². The van der Waals surface area contributed by atoms with E-state index in [0.717, 1.165) is 10.9 Å². The van der Waals surface area contributed by atoms with E-state index in [0.29, 0.717) is 17.1 Å². The molecule has 0 fully saturated rings. The van der Waals surface area contributed by atoms with Crippen LogP contribution in [0, 0.1) is 0 Å². The van der Waals surface area contributed by atoms with Crippen molar-refractivity contribution in [3.05, 3.63) is 36.5 Å². The maximum absolute atomic E-state index is 9.55. The van der Waals surface area contributed by atoms with Crippen molar-refractivity contribution in [1.82, 2.24) is 25.1 Å². The van der Waals surface area contributed by atoms with Crippen molar-refractivity contribution in [2.24, 2.45) is 0 Å². The van der Waals surface area contributed by atoms with Crippen molar-refractivity contribution < 1.29 is 10.2 Å². The van der Waals surface area contributed by atoms with Crippen LogP contribution in [-0.4, -0.2) is 42.0 Å². The molecule has 0 aromatic carbocycles. The lowest BCUT2D eigenvalue weighted by Crippen LogP contribution is -2.06. The second-order valence-corrected chi connectivity index (χ2v) is 4.05. The summed E-state index contributed by atoms with van der Waals surface area (Å²) in [5.41, 5.74) is 2.31. The fourth-order valence-electron chi connectivity index (χ4n) is 1.74. The molecule has 0 spiro atoms. The van der Waals surface area contributed by atoms with E-state index in [4.69, 9.17) is 5.11 Å². The summed E-state index contributed by atoms with van der Waals surface area (Å²) in [5, 5.41) is 26.1. The SMILES string of the molecule is OCC(O)c1cncc(-c2cc3[nH]ncc3cn2)n1. The average molecular weight is 257 g/mol. The Bertz CT molecular complexity index is 712. The molecule has 3 N–H and O–H groups in total. The normalized spacial score (nSPS) is 12.7. The van der Waals surface area contributed by atoms with E-state index < -0.39 is 12.7 Å². The second-order valence-electron chi connectivity index (χ2n) is 4.05. The minimum absolute atomic E-state index is 0.312. The van der Waals surface area contributed by atoms with Gasteiger partial charge in [0.1, 0.15) is 11.8 Å². The first-order chi connectivity index (χ1) is 9.28. The predicted molar refractivity (Wildman–Crippen MR) is 67.0 cm³/mol. The molecule has 3 heterocycles. The molecule has 0 aliphatic carbocycles. The lowest BCUT2D eigenvalue weighted by Gasteiger charge is -2.07. The maximum atomic E-state index is 9.55. The molecule has 0 bridgehead atoms. The van der Waals surface area contributed by atoms with Crippen LogP contribution in [0.25, 0.3) is 22.3 Å². The lowest BCUT2D eigenvalue weighted by molar-refractivity contribution is 0.0920. The van der Waals surface area contributed by atoms with Gasteiger partial charge >= 0.3 is 0 Å². The number of aliphatic hydroxyl groups excluding tert-OH is 2. The topological polar surface area (TPSA) is 108 Å². The van der Waals surface area contributed by atoms with Crippen LogP contribution < -0.4 is 0 Å². The summed E-state index contributed by atoms with van der Waals surface area (Å²) in [6.07, 6.45) is 5.30. The van der Waals surface area contributed by atoms with Crippen molar-refractivity contribution in [3.8, 4) is 11.4 Å². The molecule has 1 unspecified atom stereocenters. The molecule has 0 radical (unpaired) electrons. The number of aromatic nitrogens is 5. The molecule has 96 valence electrons.